The van der Waals surface area contributed by atoms with Gasteiger partial charge in [0.1, 0.15) is 0 Å². The van der Waals surface area contributed by atoms with Gasteiger partial charge in [0, 0.05) is 17.8 Å². The topological polar surface area (TPSA) is 55.1 Å². The minimum absolute atomic E-state index is 0.649. The molecule has 0 atom stereocenters. The van der Waals surface area contributed by atoms with Crippen LogP contribution in [0.15, 0.2) is 54.9 Å². The van der Waals surface area contributed by atoms with E-state index in [0.717, 1.165) is 17.2 Å². The van der Waals surface area contributed by atoms with E-state index in [1.165, 1.54) is 6.08 Å². The zero-order valence-electron chi connectivity index (χ0n) is 10.3. The Morgan fingerprint density at radius 1 is 1.21 bits per heavy atom. The van der Waals surface area contributed by atoms with E-state index in [4.69, 9.17) is 5.11 Å². The highest BCUT2D eigenvalue weighted by molar-refractivity contribution is 5.85. The zero-order valence-corrected chi connectivity index (χ0v) is 10.3. The van der Waals surface area contributed by atoms with Crippen LogP contribution in [-0.2, 0) is 11.3 Å². The minimum atomic E-state index is -0.961. The van der Waals surface area contributed by atoms with Gasteiger partial charge in [-0.2, -0.15) is 5.10 Å². The monoisotopic (exact) mass is 254 g/mol. The number of hydrogen-bond acceptors (Lipinski definition) is 2. The number of carboxylic acids is 1. The van der Waals surface area contributed by atoms with Gasteiger partial charge in [0.05, 0.1) is 12.7 Å². The SMILES string of the molecule is O=C(O)C=Cc1cnn(C/C=C/c2ccccc2)c1. The van der Waals surface area contributed by atoms with Crippen molar-refractivity contribution in [2.75, 3.05) is 0 Å². The van der Waals surface area contributed by atoms with Crippen molar-refractivity contribution in [1.82, 2.24) is 9.78 Å². The molecule has 1 aromatic carbocycles. The number of benzene rings is 1. The fraction of sp³-hybridized carbons (Fsp3) is 0.0667. The van der Waals surface area contributed by atoms with Gasteiger partial charge in [-0.05, 0) is 11.6 Å². The molecule has 0 aliphatic heterocycles. The molecule has 4 nitrogen and oxygen atoms in total. The van der Waals surface area contributed by atoms with Crippen LogP contribution in [0.1, 0.15) is 11.1 Å². The van der Waals surface area contributed by atoms with Gasteiger partial charge >= 0.3 is 5.97 Å². The van der Waals surface area contributed by atoms with E-state index >= 15 is 0 Å². The van der Waals surface area contributed by atoms with Crippen molar-refractivity contribution in [3.8, 4) is 0 Å². The van der Waals surface area contributed by atoms with Gasteiger partial charge in [0.15, 0.2) is 0 Å². The molecular formula is C15H14N2O2. The van der Waals surface area contributed by atoms with Crippen molar-refractivity contribution in [3.63, 3.8) is 0 Å². The predicted molar refractivity (Wildman–Crippen MR) is 74.4 cm³/mol. The number of carboxylic acid groups (broad SMARTS) is 1. The lowest BCUT2D eigenvalue weighted by molar-refractivity contribution is -0.131. The molecule has 0 radical (unpaired) electrons. The standard InChI is InChI=1S/C15H14N2O2/c18-15(19)9-8-14-11-16-17(12-14)10-4-7-13-5-2-1-3-6-13/h1-9,11-12H,10H2,(H,18,19)/b7-4+,9-8?. The van der Waals surface area contributed by atoms with E-state index in [-0.39, 0.29) is 0 Å². The Morgan fingerprint density at radius 2 is 2.00 bits per heavy atom. The normalized spacial score (nSPS) is 11.4. The van der Waals surface area contributed by atoms with E-state index in [0.29, 0.717) is 6.54 Å². The Labute approximate surface area is 111 Å². The molecule has 1 aromatic heterocycles. The fourth-order valence-electron chi connectivity index (χ4n) is 1.59. The zero-order chi connectivity index (χ0) is 13.5. The third-order valence-electron chi connectivity index (χ3n) is 2.47. The molecule has 0 saturated heterocycles. The molecule has 0 bridgehead atoms. The van der Waals surface area contributed by atoms with Gasteiger partial charge in [-0.3, -0.25) is 4.68 Å². The van der Waals surface area contributed by atoms with Gasteiger partial charge in [-0.25, -0.2) is 4.79 Å². The quantitative estimate of drug-likeness (QED) is 0.835. The lowest BCUT2D eigenvalue weighted by atomic mass is 10.2. The number of rotatable bonds is 5. The highest BCUT2D eigenvalue weighted by Gasteiger charge is 1.94. The summed E-state index contributed by atoms with van der Waals surface area (Å²) in [6, 6.07) is 10.0. The van der Waals surface area contributed by atoms with E-state index in [1.807, 2.05) is 42.5 Å². The van der Waals surface area contributed by atoms with Crippen molar-refractivity contribution >= 4 is 18.1 Å². The molecule has 4 heteroatoms. The summed E-state index contributed by atoms with van der Waals surface area (Å²) in [5.74, 6) is -0.961. The molecule has 19 heavy (non-hydrogen) atoms. The van der Waals surface area contributed by atoms with E-state index in [1.54, 1.807) is 17.1 Å². The second-order valence-corrected chi connectivity index (χ2v) is 3.98. The average Bonchev–Trinajstić information content (AvgIpc) is 2.86. The lowest BCUT2D eigenvalue weighted by Gasteiger charge is -1.94. The van der Waals surface area contributed by atoms with E-state index in [2.05, 4.69) is 5.10 Å². The molecule has 96 valence electrons. The van der Waals surface area contributed by atoms with Crippen molar-refractivity contribution in [3.05, 3.63) is 66.0 Å². The van der Waals surface area contributed by atoms with Crippen LogP contribution < -0.4 is 0 Å². The largest absolute Gasteiger partial charge is 0.478 e. The van der Waals surface area contributed by atoms with E-state index in [9.17, 15) is 4.79 Å². The lowest BCUT2D eigenvalue weighted by Crippen LogP contribution is -1.94. The molecule has 0 unspecified atom stereocenters. The van der Waals surface area contributed by atoms with Crippen molar-refractivity contribution in [2.24, 2.45) is 0 Å². The van der Waals surface area contributed by atoms with Crippen LogP contribution in [0.2, 0.25) is 0 Å². The van der Waals surface area contributed by atoms with Crippen molar-refractivity contribution in [2.45, 2.75) is 6.54 Å². The molecule has 0 spiro atoms. The molecule has 2 aromatic rings. The maximum absolute atomic E-state index is 10.4. The second-order valence-electron chi connectivity index (χ2n) is 3.98. The Hall–Kier alpha value is -2.62. The summed E-state index contributed by atoms with van der Waals surface area (Å²) in [5, 5.41) is 12.7. The Kier molecular flexibility index (Phi) is 4.29. The molecule has 2 rings (SSSR count). The number of aliphatic carboxylic acids is 1. The van der Waals surface area contributed by atoms with Crippen LogP contribution in [-0.4, -0.2) is 20.9 Å². The Balaban J connectivity index is 1.94. The summed E-state index contributed by atoms with van der Waals surface area (Å²) in [7, 11) is 0. The van der Waals surface area contributed by atoms with Crippen LogP contribution in [0, 0.1) is 0 Å². The van der Waals surface area contributed by atoms with Gasteiger partial charge in [0.25, 0.3) is 0 Å². The highest BCUT2D eigenvalue weighted by atomic mass is 16.4. The van der Waals surface area contributed by atoms with Crippen LogP contribution in [0.5, 0.6) is 0 Å². The molecule has 1 heterocycles. The van der Waals surface area contributed by atoms with E-state index < -0.39 is 5.97 Å². The van der Waals surface area contributed by atoms with Gasteiger partial charge < -0.3 is 5.11 Å². The molecular weight excluding hydrogens is 240 g/mol. The van der Waals surface area contributed by atoms with Gasteiger partial charge in [-0.15, -0.1) is 0 Å². The summed E-state index contributed by atoms with van der Waals surface area (Å²) in [6.45, 7) is 0.649. The van der Waals surface area contributed by atoms with Gasteiger partial charge in [0.2, 0.25) is 0 Å². The molecule has 1 N–H and O–H groups in total. The Morgan fingerprint density at radius 3 is 2.74 bits per heavy atom. The number of hydrogen-bond donors (Lipinski definition) is 1. The third kappa shape index (κ3) is 4.27. The smallest absolute Gasteiger partial charge is 0.328 e. The minimum Gasteiger partial charge on any atom is -0.478 e. The van der Waals surface area contributed by atoms with Crippen LogP contribution in [0.25, 0.3) is 12.2 Å². The maximum Gasteiger partial charge on any atom is 0.328 e. The average molecular weight is 254 g/mol. The summed E-state index contributed by atoms with van der Waals surface area (Å²) in [5.41, 5.74) is 1.91. The first-order chi connectivity index (χ1) is 9.24. The summed E-state index contributed by atoms with van der Waals surface area (Å²) < 4.78 is 1.75. The van der Waals surface area contributed by atoms with Crippen molar-refractivity contribution in [1.29, 1.82) is 0 Å². The fourth-order valence-corrected chi connectivity index (χ4v) is 1.59. The third-order valence-corrected chi connectivity index (χ3v) is 2.47. The van der Waals surface area contributed by atoms with Crippen LogP contribution >= 0.6 is 0 Å². The number of carbonyl (C=O) groups is 1. The van der Waals surface area contributed by atoms with Crippen molar-refractivity contribution < 1.29 is 9.90 Å². The molecule has 0 aliphatic carbocycles. The predicted octanol–water partition coefficient (Wildman–Crippen LogP) is 2.69. The number of nitrogens with zero attached hydrogens (tertiary/aromatic N) is 2. The molecule has 0 fully saturated rings. The van der Waals surface area contributed by atoms with Crippen LogP contribution in [0.4, 0.5) is 0 Å². The van der Waals surface area contributed by atoms with Crippen LogP contribution in [0.3, 0.4) is 0 Å². The first-order valence-electron chi connectivity index (χ1n) is 5.89. The first kappa shape index (κ1) is 12.8. The number of aromatic nitrogens is 2. The summed E-state index contributed by atoms with van der Waals surface area (Å²) in [6.07, 6.45) is 10.1. The maximum atomic E-state index is 10.4. The summed E-state index contributed by atoms with van der Waals surface area (Å²) >= 11 is 0. The molecule has 0 saturated carbocycles. The molecule has 0 aliphatic rings. The number of allylic oxidation sites excluding steroid dienone is 1. The second kappa shape index (κ2) is 6.35. The Bertz CT molecular complexity index is 598. The first-order valence-corrected chi connectivity index (χ1v) is 5.89. The highest BCUT2D eigenvalue weighted by Crippen LogP contribution is 2.03. The summed E-state index contributed by atoms with van der Waals surface area (Å²) in [4.78, 5) is 10.4. The van der Waals surface area contributed by atoms with Gasteiger partial charge in [-0.1, -0.05) is 42.5 Å². The molecule has 0 amide bonds.